The van der Waals surface area contributed by atoms with Crippen LogP contribution in [-0.4, -0.2) is 16.3 Å². The second-order valence-electron chi connectivity index (χ2n) is 3.55. The van der Waals surface area contributed by atoms with Gasteiger partial charge in [-0.25, -0.2) is 0 Å². The number of carboxylic acids is 1. The molecular formula is C11H15NO2S. The smallest absolute Gasteiger partial charge is 0.304 e. The summed E-state index contributed by atoms with van der Waals surface area (Å²) in [5.41, 5.74) is 7.47. The minimum absolute atomic E-state index is 0.0739. The molecule has 0 aliphatic heterocycles. The summed E-state index contributed by atoms with van der Waals surface area (Å²) < 4.78 is 0. The Hall–Kier alpha value is -1.16. The maximum Gasteiger partial charge on any atom is 0.304 e. The van der Waals surface area contributed by atoms with Crippen molar-refractivity contribution in [3.8, 4) is 0 Å². The predicted molar refractivity (Wildman–Crippen MR) is 63.2 cm³/mol. The van der Waals surface area contributed by atoms with Crippen molar-refractivity contribution in [2.75, 3.05) is 5.73 Å². The molecule has 0 radical (unpaired) electrons. The Bertz CT molecular complexity index is 366. The van der Waals surface area contributed by atoms with Gasteiger partial charge in [0.1, 0.15) is 0 Å². The molecule has 0 aliphatic carbocycles. The lowest BCUT2D eigenvalue weighted by Crippen LogP contribution is -2.05. The van der Waals surface area contributed by atoms with Crippen LogP contribution in [0.5, 0.6) is 0 Å². The first kappa shape index (κ1) is 11.9. The fourth-order valence-corrected chi connectivity index (χ4v) is 2.36. The number of nitrogen functional groups attached to an aromatic ring is 1. The molecule has 0 aliphatic rings. The quantitative estimate of drug-likeness (QED) is 0.610. The van der Waals surface area contributed by atoms with Crippen molar-refractivity contribution in [3.05, 3.63) is 23.8 Å². The third-order valence-corrected chi connectivity index (χ3v) is 3.27. The largest absolute Gasteiger partial charge is 0.481 e. The number of aliphatic carboxylic acids is 1. The van der Waals surface area contributed by atoms with Gasteiger partial charge in [0.2, 0.25) is 0 Å². The number of aryl methyl sites for hydroxylation is 1. The van der Waals surface area contributed by atoms with E-state index in [1.807, 2.05) is 32.0 Å². The van der Waals surface area contributed by atoms with Gasteiger partial charge in [-0.15, -0.1) is 11.8 Å². The minimum Gasteiger partial charge on any atom is -0.481 e. The molecule has 0 heterocycles. The molecular weight excluding hydrogens is 210 g/mol. The van der Waals surface area contributed by atoms with E-state index in [9.17, 15) is 4.79 Å². The first-order chi connectivity index (χ1) is 6.99. The van der Waals surface area contributed by atoms with E-state index in [0.29, 0.717) is 0 Å². The number of benzene rings is 1. The lowest BCUT2D eigenvalue weighted by atomic mass is 10.2. The summed E-state index contributed by atoms with van der Waals surface area (Å²) in [5, 5.41) is 8.72. The lowest BCUT2D eigenvalue weighted by molar-refractivity contribution is -0.136. The van der Waals surface area contributed by atoms with Crippen LogP contribution in [0.2, 0.25) is 0 Å². The van der Waals surface area contributed by atoms with Crippen molar-refractivity contribution in [3.63, 3.8) is 0 Å². The Morgan fingerprint density at radius 1 is 1.60 bits per heavy atom. The Morgan fingerprint density at radius 3 is 2.80 bits per heavy atom. The molecule has 1 unspecified atom stereocenters. The number of anilines is 1. The maximum atomic E-state index is 10.5. The highest BCUT2D eigenvalue weighted by Gasteiger charge is 2.10. The van der Waals surface area contributed by atoms with E-state index in [1.165, 1.54) is 0 Å². The van der Waals surface area contributed by atoms with Crippen molar-refractivity contribution >= 4 is 23.4 Å². The van der Waals surface area contributed by atoms with Gasteiger partial charge in [0, 0.05) is 15.8 Å². The topological polar surface area (TPSA) is 63.3 Å². The standard InChI is InChI=1S/C11H15NO2S/c1-7-5-9(12)3-4-10(7)15-8(2)6-11(13)14/h3-5,8H,6,12H2,1-2H3,(H,13,14). The summed E-state index contributed by atoms with van der Waals surface area (Å²) in [6.07, 6.45) is 0.175. The number of nitrogens with two attached hydrogens (primary N) is 1. The lowest BCUT2D eigenvalue weighted by Gasteiger charge is -2.11. The Morgan fingerprint density at radius 2 is 2.27 bits per heavy atom. The van der Waals surface area contributed by atoms with Crippen LogP contribution in [-0.2, 0) is 4.79 Å². The summed E-state index contributed by atoms with van der Waals surface area (Å²) in [4.78, 5) is 11.6. The van der Waals surface area contributed by atoms with Gasteiger partial charge >= 0.3 is 5.97 Å². The molecule has 1 rings (SSSR count). The van der Waals surface area contributed by atoms with Crippen LogP contribution in [0.15, 0.2) is 23.1 Å². The van der Waals surface area contributed by atoms with Crippen molar-refractivity contribution in [1.82, 2.24) is 0 Å². The molecule has 1 aromatic carbocycles. The highest BCUT2D eigenvalue weighted by atomic mass is 32.2. The van der Waals surface area contributed by atoms with Crippen LogP contribution >= 0.6 is 11.8 Å². The van der Waals surface area contributed by atoms with Gasteiger partial charge in [0.15, 0.2) is 0 Å². The molecule has 0 saturated heterocycles. The average molecular weight is 225 g/mol. The van der Waals surface area contributed by atoms with E-state index in [2.05, 4.69) is 0 Å². The van der Waals surface area contributed by atoms with E-state index in [1.54, 1.807) is 11.8 Å². The van der Waals surface area contributed by atoms with Crippen LogP contribution in [0.3, 0.4) is 0 Å². The minimum atomic E-state index is -0.761. The molecule has 0 fully saturated rings. The van der Waals surface area contributed by atoms with Crippen molar-refractivity contribution in [1.29, 1.82) is 0 Å². The molecule has 82 valence electrons. The summed E-state index contributed by atoms with van der Waals surface area (Å²) in [5.74, 6) is -0.761. The molecule has 0 spiro atoms. The van der Waals surface area contributed by atoms with Gasteiger partial charge in [-0.05, 0) is 30.7 Å². The predicted octanol–water partition coefficient (Wildman–Crippen LogP) is 2.53. The summed E-state index contributed by atoms with van der Waals surface area (Å²) >= 11 is 1.57. The van der Waals surface area contributed by atoms with E-state index < -0.39 is 5.97 Å². The zero-order valence-corrected chi connectivity index (χ0v) is 9.67. The summed E-state index contributed by atoms with van der Waals surface area (Å²) in [7, 11) is 0. The Labute approximate surface area is 93.7 Å². The number of carbonyl (C=O) groups is 1. The SMILES string of the molecule is Cc1cc(N)ccc1SC(C)CC(=O)O. The highest BCUT2D eigenvalue weighted by molar-refractivity contribution is 8.00. The Balaban J connectivity index is 2.68. The van der Waals surface area contributed by atoms with Gasteiger partial charge in [-0.3, -0.25) is 4.79 Å². The van der Waals surface area contributed by atoms with Gasteiger partial charge < -0.3 is 10.8 Å². The second kappa shape index (κ2) is 5.07. The van der Waals surface area contributed by atoms with Crippen LogP contribution in [0, 0.1) is 6.92 Å². The van der Waals surface area contributed by atoms with E-state index in [-0.39, 0.29) is 11.7 Å². The average Bonchev–Trinajstić information content (AvgIpc) is 2.08. The monoisotopic (exact) mass is 225 g/mol. The fraction of sp³-hybridized carbons (Fsp3) is 0.364. The maximum absolute atomic E-state index is 10.5. The molecule has 0 amide bonds. The molecule has 0 saturated carbocycles. The van der Waals surface area contributed by atoms with E-state index in [4.69, 9.17) is 10.8 Å². The van der Waals surface area contributed by atoms with Gasteiger partial charge in [0.25, 0.3) is 0 Å². The third-order valence-electron chi connectivity index (χ3n) is 1.99. The molecule has 15 heavy (non-hydrogen) atoms. The van der Waals surface area contributed by atoms with Gasteiger partial charge in [-0.1, -0.05) is 6.92 Å². The number of thioether (sulfide) groups is 1. The zero-order valence-electron chi connectivity index (χ0n) is 8.86. The highest BCUT2D eigenvalue weighted by Crippen LogP contribution is 2.29. The molecule has 1 aromatic rings. The fourth-order valence-electron chi connectivity index (χ4n) is 1.31. The van der Waals surface area contributed by atoms with E-state index in [0.717, 1.165) is 16.1 Å². The third kappa shape index (κ3) is 3.83. The van der Waals surface area contributed by atoms with Crippen LogP contribution in [0.1, 0.15) is 18.9 Å². The molecule has 0 aromatic heterocycles. The van der Waals surface area contributed by atoms with Gasteiger partial charge in [0.05, 0.1) is 6.42 Å². The van der Waals surface area contributed by atoms with Crippen molar-refractivity contribution in [2.45, 2.75) is 30.4 Å². The molecule has 3 N–H and O–H groups in total. The van der Waals surface area contributed by atoms with Crippen molar-refractivity contribution < 1.29 is 9.90 Å². The molecule has 0 bridgehead atoms. The summed E-state index contributed by atoms with van der Waals surface area (Å²) in [6.45, 7) is 3.89. The van der Waals surface area contributed by atoms with E-state index >= 15 is 0 Å². The number of rotatable bonds is 4. The first-order valence-electron chi connectivity index (χ1n) is 4.73. The van der Waals surface area contributed by atoms with Crippen LogP contribution < -0.4 is 5.73 Å². The first-order valence-corrected chi connectivity index (χ1v) is 5.61. The molecule has 4 heteroatoms. The molecule has 3 nitrogen and oxygen atoms in total. The van der Waals surface area contributed by atoms with Crippen molar-refractivity contribution in [2.24, 2.45) is 0 Å². The van der Waals surface area contributed by atoms with Gasteiger partial charge in [-0.2, -0.15) is 0 Å². The van der Waals surface area contributed by atoms with Crippen LogP contribution in [0.4, 0.5) is 5.69 Å². The number of carboxylic acid groups (broad SMARTS) is 1. The van der Waals surface area contributed by atoms with Crippen LogP contribution in [0.25, 0.3) is 0 Å². The molecule has 1 atom stereocenters. The normalized spacial score (nSPS) is 12.4. The number of hydrogen-bond acceptors (Lipinski definition) is 3. The Kier molecular flexibility index (Phi) is 4.03. The second-order valence-corrected chi connectivity index (χ2v) is 5.03. The zero-order chi connectivity index (χ0) is 11.4. The number of hydrogen-bond donors (Lipinski definition) is 2. The summed E-state index contributed by atoms with van der Waals surface area (Å²) in [6, 6.07) is 5.67.